The summed E-state index contributed by atoms with van der Waals surface area (Å²) in [6.07, 6.45) is 1.76. The van der Waals surface area contributed by atoms with E-state index in [-0.39, 0.29) is 30.1 Å². The Morgan fingerprint density at radius 3 is 2.64 bits per heavy atom. The van der Waals surface area contributed by atoms with Crippen molar-refractivity contribution in [2.45, 2.75) is 39.2 Å². The topological polar surface area (TPSA) is 66.9 Å². The van der Waals surface area contributed by atoms with Crippen LogP contribution in [0.3, 0.4) is 0 Å². The van der Waals surface area contributed by atoms with Crippen LogP contribution in [0, 0.1) is 12.8 Å². The third kappa shape index (κ3) is 3.58. The zero-order valence-electron chi connectivity index (χ0n) is 14.7. The van der Waals surface area contributed by atoms with E-state index in [1.165, 1.54) is 4.90 Å². The van der Waals surface area contributed by atoms with E-state index >= 15 is 0 Å². The number of hydrogen-bond acceptors (Lipinski definition) is 5. The lowest BCUT2D eigenvalue weighted by molar-refractivity contribution is -0.150. The van der Waals surface area contributed by atoms with Crippen LogP contribution < -0.4 is 4.90 Å². The molecule has 0 radical (unpaired) electrons. The van der Waals surface area contributed by atoms with Gasteiger partial charge in [0.2, 0.25) is 5.91 Å². The highest BCUT2D eigenvalue weighted by molar-refractivity contribution is 6.22. The molecule has 0 saturated carbocycles. The third-order valence-electron chi connectivity index (χ3n) is 4.93. The van der Waals surface area contributed by atoms with Crippen molar-refractivity contribution in [3.05, 3.63) is 29.8 Å². The van der Waals surface area contributed by atoms with Gasteiger partial charge in [-0.15, -0.1) is 0 Å². The predicted molar refractivity (Wildman–Crippen MR) is 93.0 cm³/mol. The lowest BCUT2D eigenvalue weighted by atomic mass is 9.96. The summed E-state index contributed by atoms with van der Waals surface area (Å²) in [6.45, 7) is 5.31. The second-order valence-corrected chi connectivity index (χ2v) is 6.71. The summed E-state index contributed by atoms with van der Waals surface area (Å²) in [4.78, 5) is 40.5. The fraction of sp³-hybridized carbons (Fsp3) is 0.526. The van der Waals surface area contributed by atoms with E-state index in [0.717, 1.165) is 24.9 Å². The van der Waals surface area contributed by atoms with Gasteiger partial charge in [-0.05, 0) is 45.4 Å². The van der Waals surface area contributed by atoms with Crippen LogP contribution in [0.2, 0.25) is 0 Å². The standard InChI is InChI=1S/C19H24N2O4/c1-3-25-19(24)14-5-4-10-20(12-14)16-11-17(22)21(18(16)23)15-8-6-13(2)7-9-15/h6-9,14,16H,3-5,10-12H2,1-2H3/t14-,16-/m1/s1. The van der Waals surface area contributed by atoms with Crippen molar-refractivity contribution in [3.63, 3.8) is 0 Å². The molecule has 0 unspecified atom stereocenters. The lowest BCUT2D eigenvalue weighted by Crippen LogP contribution is -2.48. The first-order valence-electron chi connectivity index (χ1n) is 8.85. The van der Waals surface area contributed by atoms with Crippen LogP contribution in [0.4, 0.5) is 5.69 Å². The van der Waals surface area contributed by atoms with Crippen LogP contribution >= 0.6 is 0 Å². The molecule has 2 amide bonds. The molecule has 0 N–H and O–H groups in total. The van der Waals surface area contributed by atoms with Gasteiger partial charge in [0.25, 0.3) is 5.91 Å². The van der Waals surface area contributed by atoms with Crippen molar-refractivity contribution in [2.75, 3.05) is 24.6 Å². The molecule has 0 aliphatic carbocycles. The van der Waals surface area contributed by atoms with E-state index in [9.17, 15) is 14.4 Å². The highest BCUT2D eigenvalue weighted by atomic mass is 16.5. The number of esters is 1. The second kappa shape index (κ2) is 7.35. The van der Waals surface area contributed by atoms with Gasteiger partial charge in [0, 0.05) is 6.54 Å². The molecule has 2 saturated heterocycles. The Hall–Kier alpha value is -2.21. The van der Waals surface area contributed by atoms with Gasteiger partial charge in [-0.2, -0.15) is 0 Å². The first-order chi connectivity index (χ1) is 12.0. The molecule has 0 aromatic heterocycles. The maximum atomic E-state index is 12.9. The first-order valence-corrected chi connectivity index (χ1v) is 8.85. The fourth-order valence-electron chi connectivity index (χ4n) is 3.61. The van der Waals surface area contributed by atoms with Crippen molar-refractivity contribution in [1.29, 1.82) is 0 Å². The predicted octanol–water partition coefficient (Wildman–Crippen LogP) is 1.90. The van der Waals surface area contributed by atoms with E-state index in [1.807, 2.05) is 24.0 Å². The van der Waals surface area contributed by atoms with Crippen molar-refractivity contribution >= 4 is 23.5 Å². The molecule has 134 valence electrons. The quantitative estimate of drug-likeness (QED) is 0.616. The molecule has 1 aromatic carbocycles. The maximum Gasteiger partial charge on any atom is 0.310 e. The Balaban J connectivity index is 1.73. The number of likely N-dealkylation sites (tertiary alicyclic amines) is 1. The Labute approximate surface area is 147 Å². The molecule has 1 aromatic rings. The molecule has 6 nitrogen and oxygen atoms in total. The molecule has 2 fully saturated rings. The van der Waals surface area contributed by atoms with Gasteiger partial charge in [0.1, 0.15) is 0 Å². The number of benzene rings is 1. The Morgan fingerprint density at radius 1 is 1.24 bits per heavy atom. The number of carbonyl (C=O) groups excluding carboxylic acids is 3. The summed E-state index contributed by atoms with van der Waals surface area (Å²) in [7, 11) is 0. The molecule has 0 spiro atoms. The van der Waals surface area contributed by atoms with Crippen LogP contribution in [0.1, 0.15) is 31.7 Å². The molecule has 3 rings (SSSR count). The zero-order valence-corrected chi connectivity index (χ0v) is 14.7. The van der Waals surface area contributed by atoms with E-state index < -0.39 is 6.04 Å². The van der Waals surface area contributed by atoms with Gasteiger partial charge in [0.05, 0.1) is 30.7 Å². The normalized spacial score (nSPS) is 24.6. The minimum absolute atomic E-state index is 0.169. The molecule has 2 heterocycles. The van der Waals surface area contributed by atoms with E-state index in [1.54, 1.807) is 19.1 Å². The minimum Gasteiger partial charge on any atom is -0.466 e. The van der Waals surface area contributed by atoms with Gasteiger partial charge in [0.15, 0.2) is 0 Å². The third-order valence-corrected chi connectivity index (χ3v) is 4.93. The number of rotatable bonds is 4. The number of piperidine rings is 1. The van der Waals surface area contributed by atoms with Crippen molar-refractivity contribution in [1.82, 2.24) is 4.90 Å². The number of aryl methyl sites for hydroxylation is 1. The van der Waals surface area contributed by atoms with Gasteiger partial charge in [-0.3, -0.25) is 19.3 Å². The Bertz CT molecular complexity index is 671. The van der Waals surface area contributed by atoms with Crippen LogP contribution in [-0.4, -0.2) is 48.4 Å². The number of nitrogens with zero attached hydrogens (tertiary/aromatic N) is 2. The number of imide groups is 1. The highest BCUT2D eigenvalue weighted by Gasteiger charge is 2.44. The Kier molecular flexibility index (Phi) is 5.18. The van der Waals surface area contributed by atoms with Gasteiger partial charge < -0.3 is 4.74 Å². The molecule has 25 heavy (non-hydrogen) atoms. The summed E-state index contributed by atoms with van der Waals surface area (Å²) in [5.41, 5.74) is 1.69. The molecule has 0 bridgehead atoms. The highest BCUT2D eigenvalue weighted by Crippen LogP contribution is 2.29. The SMILES string of the molecule is CCOC(=O)[C@@H]1CCCN([C@@H]2CC(=O)N(c3ccc(C)cc3)C2=O)C1. The van der Waals surface area contributed by atoms with Crippen LogP contribution in [0.5, 0.6) is 0 Å². The Morgan fingerprint density at radius 2 is 1.96 bits per heavy atom. The summed E-state index contributed by atoms with van der Waals surface area (Å²) in [5.74, 6) is -0.806. The zero-order chi connectivity index (χ0) is 18.0. The van der Waals surface area contributed by atoms with E-state index in [0.29, 0.717) is 18.8 Å². The summed E-state index contributed by atoms with van der Waals surface area (Å²) in [6, 6.07) is 6.89. The second-order valence-electron chi connectivity index (χ2n) is 6.71. The van der Waals surface area contributed by atoms with Gasteiger partial charge >= 0.3 is 5.97 Å². The van der Waals surface area contributed by atoms with Crippen molar-refractivity contribution in [3.8, 4) is 0 Å². The smallest absolute Gasteiger partial charge is 0.310 e. The first kappa shape index (κ1) is 17.6. The largest absolute Gasteiger partial charge is 0.466 e. The average Bonchev–Trinajstić information content (AvgIpc) is 2.91. The number of ether oxygens (including phenoxy) is 1. The molecular weight excluding hydrogens is 320 g/mol. The number of hydrogen-bond donors (Lipinski definition) is 0. The molecule has 6 heteroatoms. The number of amides is 2. The number of carbonyl (C=O) groups is 3. The van der Waals surface area contributed by atoms with E-state index in [4.69, 9.17) is 4.74 Å². The van der Waals surface area contributed by atoms with Crippen molar-refractivity contribution < 1.29 is 19.1 Å². The summed E-state index contributed by atoms with van der Waals surface area (Å²) in [5, 5.41) is 0. The van der Waals surface area contributed by atoms with Crippen LogP contribution in [-0.2, 0) is 19.1 Å². The molecule has 2 atom stereocenters. The van der Waals surface area contributed by atoms with Gasteiger partial charge in [-0.1, -0.05) is 17.7 Å². The summed E-state index contributed by atoms with van der Waals surface area (Å²) < 4.78 is 5.11. The molecule has 2 aliphatic rings. The fourth-order valence-corrected chi connectivity index (χ4v) is 3.61. The van der Waals surface area contributed by atoms with Gasteiger partial charge in [-0.25, -0.2) is 4.90 Å². The monoisotopic (exact) mass is 344 g/mol. The summed E-state index contributed by atoms with van der Waals surface area (Å²) >= 11 is 0. The molecular formula is C19H24N2O4. The number of anilines is 1. The molecule has 2 aliphatic heterocycles. The van der Waals surface area contributed by atoms with E-state index in [2.05, 4.69) is 0 Å². The van der Waals surface area contributed by atoms with Crippen molar-refractivity contribution in [2.24, 2.45) is 5.92 Å². The lowest BCUT2D eigenvalue weighted by Gasteiger charge is -2.34. The van der Waals surface area contributed by atoms with Crippen LogP contribution in [0.15, 0.2) is 24.3 Å². The maximum absolute atomic E-state index is 12.9. The van der Waals surface area contributed by atoms with Crippen LogP contribution in [0.25, 0.3) is 0 Å². The minimum atomic E-state index is -0.481. The average molecular weight is 344 g/mol.